The van der Waals surface area contributed by atoms with Crippen LogP contribution in [-0.4, -0.2) is 62.5 Å². The number of hydrogen-bond donors (Lipinski definition) is 0. The Morgan fingerprint density at radius 1 is 1.00 bits per heavy atom. The van der Waals surface area contributed by atoms with Gasteiger partial charge in [0.2, 0.25) is 6.23 Å². The molecule has 0 radical (unpaired) electrons. The van der Waals surface area contributed by atoms with Crippen LogP contribution in [0.1, 0.15) is 0 Å². The van der Waals surface area contributed by atoms with Crippen LogP contribution in [0.25, 0.3) is 0 Å². The molecule has 0 amide bonds. The van der Waals surface area contributed by atoms with Gasteiger partial charge in [-0.3, -0.25) is 14.0 Å². The summed E-state index contributed by atoms with van der Waals surface area (Å²) in [6, 6.07) is 9.70. The Hall–Kier alpha value is -1.13. The lowest BCUT2D eigenvalue weighted by Crippen LogP contribution is -2.32. The molecule has 5 nitrogen and oxygen atoms in total. The van der Waals surface area contributed by atoms with Crippen molar-refractivity contribution in [2.45, 2.75) is 6.23 Å². The molecule has 0 saturated heterocycles. The topological polar surface area (TPSA) is 31.3 Å². The van der Waals surface area contributed by atoms with Crippen LogP contribution in [0, 0.1) is 0 Å². The Labute approximate surface area is 129 Å². The van der Waals surface area contributed by atoms with Crippen molar-refractivity contribution in [1.29, 1.82) is 0 Å². The van der Waals surface area contributed by atoms with Crippen LogP contribution in [0.15, 0.2) is 47.7 Å². The molecular formula is C15H27N4OP. The van der Waals surface area contributed by atoms with Crippen LogP contribution >= 0.6 is 7.51 Å². The van der Waals surface area contributed by atoms with Gasteiger partial charge in [-0.2, -0.15) is 0 Å². The summed E-state index contributed by atoms with van der Waals surface area (Å²) < 4.78 is 17.4. The summed E-state index contributed by atoms with van der Waals surface area (Å²) in [6.45, 7) is 3.86. The molecular weight excluding hydrogens is 283 g/mol. The van der Waals surface area contributed by atoms with Gasteiger partial charge in [0.1, 0.15) is 5.75 Å². The zero-order valence-electron chi connectivity index (χ0n) is 13.9. The summed E-state index contributed by atoms with van der Waals surface area (Å²) in [6.07, 6.45) is 1.34. The standard InChI is InChI=1S/C15H27N4OP/c1-8-15(20-14-12-10-9-11-13-14)16-21(17(2)3,18(4)5)19(6)7/h8-13,15H,1H2,2-7H3. The molecule has 0 aliphatic heterocycles. The van der Waals surface area contributed by atoms with Crippen molar-refractivity contribution in [2.24, 2.45) is 4.74 Å². The van der Waals surface area contributed by atoms with Crippen molar-refractivity contribution in [3.8, 4) is 5.75 Å². The molecule has 0 saturated carbocycles. The summed E-state index contributed by atoms with van der Waals surface area (Å²) in [5.41, 5.74) is 0. The van der Waals surface area contributed by atoms with Gasteiger partial charge in [-0.05, 0) is 60.5 Å². The number of nitrogens with zero attached hydrogens (tertiary/aromatic N) is 4. The number of hydrogen-bond acceptors (Lipinski definition) is 2. The maximum Gasteiger partial charge on any atom is 0.211 e. The summed E-state index contributed by atoms with van der Waals surface area (Å²) in [4.78, 5) is 0. The van der Waals surface area contributed by atoms with E-state index in [4.69, 9.17) is 9.48 Å². The lowest BCUT2D eigenvalue weighted by Gasteiger charge is -2.41. The van der Waals surface area contributed by atoms with Gasteiger partial charge in [0, 0.05) is 0 Å². The molecule has 0 fully saturated rings. The van der Waals surface area contributed by atoms with E-state index in [1.807, 2.05) is 72.6 Å². The molecule has 1 unspecified atom stereocenters. The third-order valence-electron chi connectivity index (χ3n) is 3.08. The minimum absolute atomic E-state index is 0.395. The van der Waals surface area contributed by atoms with E-state index in [-0.39, 0.29) is 0 Å². The lowest BCUT2D eigenvalue weighted by atomic mass is 10.3. The van der Waals surface area contributed by atoms with Gasteiger partial charge in [-0.25, -0.2) is 4.74 Å². The molecule has 0 heterocycles. The van der Waals surface area contributed by atoms with Crippen molar-refractivity contribution in [3.63, 3.8) is 0 Å². The summed E-state index contributed by atoms with van der Waals surface area (Å²) in [7, 11) is 10.3. The molecule has 1 aromatic carbocycles. The second-order valence-corrected chi connectivity index (χ2v) is 8.96. The normalized spacial score (nSPS) is 13.6. The van der Waals surface area contributed by atoms with Crippen molar-refractivity contribution in [2.75, 3.05) is 42.3 Å². The Kier molecular flexibility index (Phi) is 6.62. The van der Waals surface area contributed by atoms with E-state index < -0.39 is 13.7 Å². The van der Waals surface area contributed by atoms with Crippen molar-refractivity contribution in [1.82, 2.24) is 14.0 Å². The highest BCUT2D eigenvalue weighted by Gasteiger charge is 2.29. The Morgan fingerprint density at radius 3 is 1.86 bits per heavy atom. The van der Waals surface area contributed by atoms with Crippen molar-refractivity contribution in [3.05, 3.63) is 43.0 Å². The van der Waals surface area contributed by atoms with E-state index in [1.54, 1.807) is 6.08 Å². The summed E-state index contributed by atoms with van der Waals surface area (Å²) >= 11 is 0. The summed E-state index contributed by atoms with van der Waals surface area (Å²) in [5, 5.41) is 0. The van der Waals surface area contributed by atoms with Crippen LogP contribution in [0.2, 0.25) is 0 Å². The van der Waals surface area contributed by atoms with Gasteiger partial charge in [-0.1, -0.05) is 24.8 Å². The molecule has 1 aromatic rings. The minimum Gasteiger partial charge on any atom is -0.465 e. The van der Waals surface area contributed by atoms with Crippen LogP contribution in [0.4, 0.5) is 0 Å². The molecule has 0 aliphatic rings. The highest BCUT2D eigenvalue weighted by atomic mass is 31.2. The first-order chi connectivity index (χ1) is 9.84. The van der Waals surface area contributed by atoms with Gasteiger partial charge >= 0.3 is 0 Å². The third-order valence-corrected chi connectivity index (χ3v) is 6.84. The van der Waals surface area contributed by atoms with Gasteiger partial charge in [0.05, 0.1) is 0 Å². The molecule has 118 valence electrons. The number of rotatable bonds is 7. The van der Waals surface area contributed by atoms with Gasteiger partial charge < -0.3 is 4.74 Å². The quantitative estimate of drug-likeness (QED) is 0.572. The zero-order valence-corrected chi connectivity index (χ0v) is 14.8. The maximum atomic E-state index is 5.93. The first kappa shape index (κ1) is 17.9. The highest BCUT2D eigenvalue weighted by molar-refractivity contribution is 7.59. The van der Waals surface area contributed by atoms with E-state index in [0.29, 0.717) is 0 Å². The molecule has 0 aliphatic carbocycles. The van der Waals surface area contributed by atoms with Gasteiger partial charge in [0.25, 0.3) is 0 Å². The minimum atomic E-state index is -1.99. The van der Waals surface area contributed by atoms with Crippen molar-refractivity contribution >= 4 is 7.51 Å². The average molecular weight is 310 g/mol. The van der Waals surface area contributed by atoms with E-state index in [2.05, 4.69) is 20.6 Å². The van der Waals surface area contributed by atoms with Crippen LogP contribution in [0.5, 0.6) is 5.75 Å². The van der Waals surface area contributed by atoms with Crippen LogP contribution in [-0.2, 0) is 0 Å². The van der Waals surface area contributed by atoms with E-state index in [1.165, 1.54) is 0 Å². The maximum absolute atomic E-state index is 5.93. The van der Waals surface area contributed by atoms with E-state index in [9.17, 15) is 0 Å². The fourth-order valence-electron chi connectivity index (χ4n) is 2.29. The first-order valence-electron chi connectivity index (χ1n) is 6.83. The van der Waals surface area contributed by atoms with Gasteiger partial charge in [-0.15, -0.1) is 0 Å². The molecule has 1 rings (SSSR count). The highest BCUT2D eigenvalue weighted by Crippen LogP contribution is 2.55. The Balaban J connectivity index is 3.20. The molecule has 0 N–H and O–H groups in total. The summed E-state index contributed by atoms with van der Waals surface area (Å²) in [5.74, 6) is 0.792. The molecule has 0 aromatic heterocycles. The molecule has 21 heavy (non-hydrogen) atoms. The Bertz CT molecular complexity index is 471. The lowest BCUT2D eigenvalue weighted by molar-refractivity contribution is 0.257. The number of benzene rings is 1. The Morgan fingerprint density at radius 2 is 1.48 bits per heavy atom. The van der Waals surface area contributed by atoms with E-state index in [0.717, 1.165) is 5.75 Å². The second kappa shape index (κ2) is 7.76. The molecule has 0 bridgehead atoms. The third kappa shape index (κ3) is 4.17. The fraction of sp³-hybridized carbons (Fsp3) is 0.467. The molecule has 0 spiro atoms. The first-order valence-corrected chi connectivity index (χ1v) is 8.43. The molecule has 6 heteroatoms. The number of ether oxygens (including phenoxy) is 1. The SMILES string of the molecule is C=CC(N=P(N(C)C)(N(C)C)N(C)C)Oc1ccccc1. The smallest absolute Gasteiger partial charge is 0.211 e. The largest absolute Gasteiger partial charge is 0.465 e. The van der Waals surface area contributed by atoms with Gasteiger partial charge in [0.15, 0.2) is 7.51 Å². The fourth-order valence-corrected chi connectivity index (χ4v) is 5.51. The number of para-hydroxylation sites is 1. The predicted molar refractivity (Wildman–Crippen MR) is 91.5 cm³/mol. The zero-order chi connectivity index (χ0) is 16.0. The molecule has 1 atom stereocenters. The van der Waals surface area contributed by atoms with E-state index >= 15 is 0 Å². The van der Waals surface area contributed by atoms with Crippen molar-refractivity contribution < 1.29 is 4.74 Å². The monoisotopic (exact) mass is 310 g/mol. The van der Waals surface area contributed by atoms with Crippen LogP contribution in [0.3, 0.4) is 0 Å². The second-order valence-electron chi connectivity index (χ2n) is 5.25. The predicted octanol–water partition coefficient (Wildman–Crippen LogP) is 3.21. The average Bonchev–Trinajstić information content (AvgIpc) is 2.43. The van der Waals surface area contributed by atoms with Crippen LogP contribution < -0.4 is 4.74 Å².